The van der Waals surface area contributed by atoms with Crippen LogP contribution in [0.5, 0.6) is 5.75 Å². The molecule has 0 aliphatic heterocycles. The van der Waals surface area contributed by atoms with Gasteiger partial charge in [0.25, 0.3) is 5.91 Å². The molecule has 3 aromatic carbocycles. The largest absolute Gasteiger partial charge is 0.491 e. The Balaban J connectivity index is 1.56. The Bertz CT molecular complexity index is 1310. The van der Waals surface area contributed by atoms with Gasteiger partial charge in [0.2, 0.25) is 0 Å². The minimum absolute atomic E-state index is 0.104. The zero-order chi connectivity index (χ0) is 24.2. The number of hydrogen-bond donors (Lipinski definition) is 1. The summed E-state index contributed by atoms with van der Waals surface area (Å²) < 4.78 is 8.42. The van der Waals surface area contributed by atoms with Gasteiger partial charge in [-0.3, -0.25) is 4.79 Å². The molecule has 0 bridgehead atoms. The predicted molar refractivity (Wildman–Crippen MR) is 138 cm³/mol. The van der Waals surface area contributed by atoms with Gasteiger partial charge in [-0.2, -0.15) is 0 Å². The van der Waals surface area contributed by atoms with Crippen molar-refractivity contribution in [2.75, 3.05) is 6.61 Å². The molecule has 0 spiro atoms. The van der Waals surface area contributed by atoms with Gasteiger partial charge < -0.3 is 14.6 Å². The van der Waals surface area contributed by atoms with Crippen molar-refractivity contribution in [1.82, 2.24) is 14.9 Å². The van der Waals surface area contributed by atoms with Crippen LogP contribution in [0.1, 0.15) is 65.6 Å². The lowest BCUT2D eigenvalue weighted by atomic mass is 10.0. The van der Waals surface area contributed by atoms with Crippen molar-refractivity contribution in [3.63, 3.8) is 0 Å². The summed E-state index contributed by atoms with van der Waals surface area (Å²) in [6.45, 7) is 11.5. The number of benzene rings is 3. The highest BCUT2D eigenvalue weighted by molar-refractivity contribution is 5.94. The van der Waals surface area contributed by atoms with Gasteiger partial charge in [-0.25, -0.2) is 4.98 Å². The Morgan fingerprint density at radius 3 is 2.50 bits per heavy atom. The molecule has 34 heavy (non-hydrogen) atoms. The molecule has 1 amide bonds. The fourth-order valence-corrected chi connectivity index (χ4v) is 4.28. The third kappa shape index (κ3) is 5.14. The van der Waals surface area contributed by atoms with Gasteiger partial charge >= 0.3 is 0 Å². The van der Waals surface area contributed by atoms with Gasteiger partial charge in [0.1, 0.15) is 18.2 Å². The van der Waals surface area contributed by atoms with Crippen molar-refractivity contribution in [2.24, 2.45) is 0 Å². The van der Waals surface area contributed by atoms with Crippen LogP contribution < -0.4 is 10.1 Å². The molecule has 1 heterocycles. The normalized spacial score (nSPS) is 12.2. The summed E-state index contributed by atoms with van der Waals surface area (Å²) in [7, 11) is 0. The smallest absolute Gasteiger partial charge is 0.251 e. The first-order valence-corrected chi connectivity index (χ1v) is 11.9. The molecule has 176 valence electrons. The van der Waals surface area contributed by atoms with Crippen LogP contribution in [0.25, 0.3) is 11.0 Å². The summed E-state index contributed by atoms with van der Waals surface area (Å²) in [5, 5.41) is 3.12. The molecule has 0 fully saturated rings. The van der Waals surface area contributed by atoms with Gasteiger partial charge in [-0.05, 0) is 68.1 Å². The molecule has 5 nitrogen and oxygen atoms in total. The lowest BCUT2D eigenvalue weighted by Gasteiger charge is -2.18. The van der Waals surface area contributed by atoms with Crippen LogP contribution in [-0.4, -0.2) is 22.1 Å². The number of carbonyl (C=O) groups excluding carboxylic acids is 1. The number of nitrogens with one attached hydrogen (secondary N) is 1. The topological polar surface area (TPSA) is 56.2 Å². The zero-order valence-electron chi connectivity index (χ0n) is 20.6. The number of nitrogens with zero attached hydrogens (tertiary/aromatic N) is 2. The fraction of sp³-hybridized carbons (Fsp3) is 0.310. The Morgan fingerprint density at radius 2 is 1.74 bits per heavy atom. The van der Waals surface area contributed by atoms with Crippen LogP contribution >= 0.6 is 0 Å². The van der Waals surface area contributed by atoms with E-state index in [1.807, 2.05) is 56.3 Å². The molecule has 5 heteroatoms. The highest BCUT2D eigenvalue weighted by Crippen LogP contribution is 2.28. The summed E-state index contributed by atoms with van der Waals surface area (Å²) in [6.07, 6.45) is 0. The van der Waals surface area contributed by atoms with Gasteiger partial charge in [0.15, 0.2) is 0 Å². The van der Waals surface area contributed by atoms with Crippen molar-refractivity contribution in [2.45, 2.75) is 53.1 Å². The van der Waals surface area contributed by atoms with Crippen LogP contribution in [0.2, 0.25) is 0 Å². The number of aryl methyl sites for hydroxylation is 2. The van der Waals surface area contributed by atoms with Gasteiger partial charge in [0.05, 0.1) is 23.6 Å². The van der Waals surface area contributed by atoms with Crippen molar-refractivity contribution < 1.29 is 9.53 Å². The quantitative estimate of drug-likeness (QED) is 0.337. The molecular formula is C29H33N3O2. The van der Waals surface area contributed by atoms with Gasteiger partial charge in [-0.15, -0.1) is 0 Å². The average molecular weight is 456 g/mol. The lowest BCUT2D eigenvalue weighted by Crippen LogP contribution is -2.29. The number of rotatable bonds is 8. The molecular weight excluding hydrogens is 422 g/mol. The van der Waals surface area contributed by atoms with E-state index in [4.69, 9.17) is 9.72 Å². The van der Waals surface area contributed by atoms with E-state index in [0.717, 1.165) is 28.2 Å². The standard InChI is InChI=1S/C29H33N3O2/c1-19(2)24-14-13-21(4)18-27(24)34-16-15-32-26-12-7-6-11-25(26)31-28(32)22(5)30-29(33)23-10-8-9-20(3)17-23/h6-14,17-19,22H,15-16H2,1-5H3,(H,30,33). The fourth-order valence-electron chi connectivity index (χ4n) is 4.28. The second kappa shape index (κ2) is 10.1. The minimum Gasteiger partial charge on any atom is -0.491 e. The number of carbonyl (C=O) groups is 1. The molecule has 1 unspecified atom stereocenters. The minimum atomic E-state index is -0.259. The number of ether oxygens (including phenoxy) is 1. The van der Waals surface area contributed by atoms with Gasteiger partial charge in [-0.1, -0.05) is 55.8 Å². The van der Waals surface area contributed by atoms with Crippen LogP contribution in [0.15, 0.2) is 66.7 Å². The monoisotopic (exact) mass is 455 g/mol. The molecule has 1 N–H and O–H groups in total. The Kier molecular flexibility index (Phi) is 7.01. The lowest BCUT2D eigenvalue weighted by molar-refractivity contribution is 0.0937. The Hall–Kier alpha value is -3.60. The summed E-state index contributed by atoms with van der Waals surface area (Å²) in [5.74, 6) is 2.03. The molecule has 0 radical (unpaired) electrons. The van der Waals surface area contributed by atoms with E-state index in [1.165, 1.54) is 11.1 Å². The third-order valence-corrected chi connectivity index (χ3v) is 6.06. The number of amides is 1. The highest BCUT2D eigenvalue weighted by Gasteiger charge is 2.19. The molecule has 0 saturated carbocycles. The van der Waals surface area contributed by atoms with E-state index in [0.29, 0.717) is 24.6 Å². The molecule has 4 aromatic rings. The second-order valence-corrected chi connectivity index (χ2v) is 9.22. The first-order valence-electron chi connectivity index (χ1n) is 11.9. The number of hydrogen-bond acceptors (Lipinski definition) is 3. The maximum Gasteiger partial charge on any atom is 0.251 e. The molecule has 4 rings (SSSR count). The van der Waals surface area contributed by atoms with E-state index >= 15 is 0 Å². The van der Waals surface area contributed by atoms with Crippen LogP contribution in [0, 0.1) is 13.8 Å². The van der Waals surface area contributed by atoms with Crippen molar-refractivity contribution in [1.29, 1.82) is 0 Å². The first-order chi connectivity index (χ1) is 16.3. The van der Waals surface area contributed by atoms with Crippen LogP contribution in [0.4, 0.5) is 0 Å². The molecule has 1 aromatic heterocycles. The molecule has 1 atom stereocenters. The molecule has 0 saturated heterocycles. The summed E-state index contributed by atoms with van der Waals surface area (Å²) in [5.41, 5.74) is 6.04. The van der Waals surface area contributed by atoms with Crippen LogP contribution in [-0.2, 0) is 6.54 Å². The summed E-state index contributed by atoms with van der Waals surface area (Å²) in [6, 6.07) is 21.8. The number of imidazole rings is 1. The SMILES string of the molecule is Cc1cccc(C(=O)NC(C)c2nc3ccccc3n2CCOc2cc(C)ccc2C(C)C)c1. The highest BCUT2D eigenvalue weighted by atomic mass is 16.5. The predicted octanol–water partition coefficient (Wildman–Crippen LogP) is 6.35. The zero-order valence-corrected chi connectivity index (χ0v) is 20.6. The van der Waals surface area contributed by atoms with Crippen molar-refractivity contribution in [3.8, 4) is 5.75 Å². The van der Waals surface area contributed by atoms with Crippen LogP contribution in [0.3, 0.4) is 0 Å². The van der Waals surface area contributed by atoms with Crippen molar-refractivity contribution in [3.05, 3.63) is 94.8 Å². The first kappa shape index (κ1) is 23.6. The summed E-state index contributed by atoms with van der Waals surface area (Å²) >= 11 is 0. The van der Waals surface area contributed by atoms with E-state index < -0.39 is 0 Å². The Morgan fingerprint density at radius 1 is 0.971 bits per heavy atom. The second-order valence-electron chi connectivity index (χ2n) is 9.22. The van der Waals surface area contributed by atoms with E-state index in [1.54, 1.807) is 0 Å². The Labute approximate surface area is 201 Å². The average Bonchev–Trinajstić information content (AvgIpc) is 3.18. The maximum atomic E-state index is 12.9. The summed E-state index contributed by atoms with van der Waals surface area (Å²) in [4.78, 5) is 17.7. The number of aromatic nitrogens is 2. The van der Waals surface area contributed by atoms with Crippen molar-refractivity contribution >= 4 is 16.9 Å². The number of fused-ring (bicyclic) bond motifs is 1. The van der Waals surface area contributed by atoms with E-state index in [9.17, 15) is 4.79 Å². The molecule has 0 aliphatic rings. The number of para-hydroxylation sites is 2. The molecule has 0 aliphatic carbocycles. The van der Waals surface area contributed by atoms with Gasteiger partial charge in [0, 0.05) is 5.56 Å². The maximum absolute atomic E-state index is 12.9. The third-order valence-electron chi connectivity index (χ3n) is 6.06. The van der Waals surface area contributed by atoms with E-state index in [-0.39, 0.29) is 11.9 Å². The van der Waals surface area contributed by atoms with E-state index in [2.05, 4.69) is 54.9 Å².